The number of carbonyl (C=O) groups is 2. The van der Waals surface area contributed by atoms with Gasteiger partial charge in [0.15, 0.2) is 6.61 Å². The highest BCUT2D eigenvalue weighted by Gasteiger charge is 2.15. The number of aliphatic carboxylic acids is 1. The zero-order chi connectivity index (χ0) is 12.7. The molecule has 1 aromatic rings. The molecule has 0 aliphatic rings. The molecule has 0 saturated heterocycles. The summed E-state index contributed by atoms with van der Waals surface area (Å²) in [5.41, 5.74) is 0. The van der Waals surface area contributed by atoms with Gasteiger partial charge in [0.1, 0.15) is 12.3 Å². The quantitative estimate of drug-likeness (QED) is 0.801. The fourth-order valence-corrected chi connectivity index (χ4v) is 1.29. The molecule has 0 spiro atoms. The van der Waals surface area contributed by atoms with Gasteiger partial charge in [0.2, 0.25) is 0 Å². The van der Waals surface area contributed by atoms with Crippen molar-refractivity contribution in [2.24, 2.45) is 0 Å². The Bertz CT molecular complexity index is 377. The van der Waals surface area contributed by atoms with Crippen molar-refractivity contribution >= 4 is 11.9 Å². The van der Waals surface area contributed by atoms with E-state index in [1.807, 2.05) is 6.07 Å². The van der Waals surface area contributed by atoms with Gasteiger partial charge in [-0.2, -0.15) is 0 Å². The summed E-state index contributed by atoms with van der Waals surface area (Å²) in [4.78, 5) is 23.4. The number of hydrogen-bond donors (Lipinski definition) is 1. The summed E-state index contributed by atoms with van der Waals surface area (Å²) in [6.45, 7) is 1.63. The minimum atomic E-state index is -1.03. The van der Waals surface area contributed by atoms with E-state index in [1.54, 1.807) is 31.2 Å². The molecule has 1 aromatic carbocycles. The number of carboxylic acid groups (broad SMARTS) is 1. The first-order valence-electron chi connectivity index (χ1n) is 5.31. The van der Waals surface area contributed by atoms with Crippen LogP contribution in [0.1, 0.15) is 6.92 Å². The number of amides is 1. The van der Waals surface area contributed by atoms with E-state index in [0.29, 0.717) is 12.3 Å². The summed E-state index contributed by atoms with van der Waals surface area (Å²) in [7, 11) is 0. The van der Waals surface area contributed by atoms with Crippen LogP contribution in [0.2, 0.25) is 0 Å². The molecule has 5 heteroatoms. The Morgan fingerprint density at radius 2 is 1.94 bits per heavy atom. The third-order valence-electron chi connectivity index (χ3n) is 2.17. The second-order valence-electron chi connectivity index (χ2n) is 3.40. The van der Waals surface area contributed by atoms with Crippen LogP contribution in [-0.2, 0) is 9.59 Å². The topological polar surface area (TPSA) is 66.8 Å². The lowest BCUT2D eigenvalue weighted by Gasteiger charge is -2.18. The number of rotatable bonds is 6. The van der Waals surface area contributed by atoms with E-state index in [-0.39, 0.29) is 19.1 Å². The van der Waals surface area contributed by atoms with E-state index in [9.17, 15) is 9.59 Å². The van der Waals surface area contributed by atoms with Crippen molar-refractivity contribution in [3.63, 3.8) is 0 Å². The van der Waals surface area contributed by atoms with Crippen molar-refractivity contribution in [1.29, 1.82) is 0 Å². The zero-order valence-electron chi connectivity index (χ0n) is 9.63. The van der Waals surface area contributed by atoms with Gasteiger partial charge in [-0.3, -0.25) is 9.59 Å². The molecule has 0 unspecified atom stereocenters. The van der Waals surface area contributed by atoms with Crippen LogP contribution in [0.25, 0.3) is 0 Å². The third kappa shape index (κ3) is 4.55. The molecule has 0 fully saturated rings. The molecule has 0 aliphatic heterocycles. The van der Waals surface area contributed by atoms with E-state index in [1.165, 1.54) is 4.90 Å². The summed E-state index contributed by atoms with van der Waals surface area (Å²) in [6.07, 6.45) is 0. The number of para-hydroxylation sites is 1. The SMILES string of the molecule is CCN(CC(=O)O)C(=O)COc1ccccc1. The molecule has 0 atom stereocenters. The average Bonchev–Trinajstić information content (AvgIpc) is 2.34. The molecule has 1 amide bonds. The molecule has 1 N–H and O–H groups in total. The standard InChI is InChI=1S/C12H15NO4/c1-2-13(8-12(15)16)11(14)9-17-10-6-4-3-5-7-10/h3-7H,2,8-9H2,1H3,(H,15,16). The average molecular weight is 237 g/mol. The molecule has 1 rings (SSSR count). The second kappa shape index (κ2) is 6.52. The molecule has 0 heterocycles. The van der Waals surface area contributed by atoms with E-state index in [4.69, 9.17) is 9.84 Å². The predicted molar refractivity (Wildman–Crippen MR) is 61.8 cm³/mol. The maximum Gasteiger partial charge on any atom is 0.323 e. The van der Waals surface area contributed by atoms with Gasteiger partial charge < -0.3 is 14.7 Å². The molecular formula is C12H15NO4. The summed E-state index contributed by atoms with van der Waals surface area (Å²) < 4.78 is 5.25. The summed E-state index contributed by atoms with van der Waals surface area (Å²) in [5.74, 6) is -0.772. The van der Waals surface area contributed by atoms with Gasteiger partial charge in [-0.05, 0) is 19.1 Å². The van der Waals surface area contributed by atoms with Crippen LogP contribution < -0.4 is 4.74 Å². The Kier molecular flexibility index (Phi) is 5.00. The van der Waals surface area contributed by atoms with Crippen LogP contribution in [0.5, 0.6) is 5.75 Å². The summed E-state index contributed by atoms with van der Waals surface area (Å²) in [5, 5.41) is 8.61. The third-order valence-corrected chi connectivity index (χ3v) is 2.17. The molecule has 92 valence electrons. The number of nitrogens with zero attached hydrogens (tertiary/aromatic N) is 1. The van der Waals surface area contributed by atoms with E-state index >= 15 is 0 Å². The van der Waals surface area contributed by atoms with E-state index in [0.717, 1.165) is 0 Å². The molecule has 0 radical (unpaired) electrons. The number of carbonyl (C=O) groups excluding carboxylic acids is 1. The van der Waals surface area contributed by atoms with Crippen LogP contribution in [0.3, 0.4) is 0 Å². The number of carboxylic acids is 1. The van der Waals surface area contributed by atoms with Crippen molar-refractivity contribution in [3.05, 3.63) is 30.3 Å². The van der Waals surface area contributed by atoms with Gasteiger partial charge in [-0.15, -0.1) is 0 Å². The zero-order valence-corrected chi connectivity index (χ0v) is 9.63. The van der Waals surface area contributed by atoms with Gasteiger partial charge >= 0.3 is 5.97 Å². The highest BCUT2D eigenvalue weighted by Crippen LogP contribution is 2.08. The Labute approximate surface area is 99.6 Å². The van der Waals surface area contributed by atoms with Crippen molar-refractivity contribution in [2.75, 3.05) is 19.7 Å². The second-order valence-corrected chi connectivity index (χ2v) is 3.40. The minimum Gasteiger partial charge on any atom is -0.484 e. The fourth-order valence-electron chi connectivity index (χ4n) is 1.29. The number of hydrogen-bond acceptors (Lipinski definition) is 3. The molecule has 17 heavy (non-hydrogen) atoms. The Morgan fingerprint density at radius 3 is 2.47 bits per heavy atom. The molecule has 0 aromatic heterocycles. The first-order valence-corrected chi connectivity index (χ1v) is 5.31. The Morgan fingerprint density at radius 1 is 1.29 bits per heavy atom. The van der Waals surface area contributed by atoms with Crippen LogP contribution in [0.15, 0.2) is 30.3 Å². The molecule has 0 saturated carbocycles. The van der Waals surface area contributed by atoms with Crippen LogP contribution in [0, 0.1) is 0 Å². The minimum absolute atomic E-state index is 0.148. The van der Waals surface area contributed by atoms with Crippen molar-refractivity contribution in [3.8, 4) is 5.75 Å². The fraction of sp³-hybridized carbons (Fsp3) is 0.333. The Balaban J connectivity index is 2.45. The first kappa shape index (κ1) is 13.0. The van der Waals surface area contributed by atoms with Gasteiger partial charge in [0.25, 0.3) is 5.91 Å². The lowest BCUT2D eigenvalue weighted by molar-refractivity contribution is -0.145. The maximum atomic E-state index is 11.6. The lowest BCUT2D eigenvalue weighted by atomic mass is 10.3. The number of likely N-dealkylation sites (N-methyl/N-ethyl adjacent to an activating group) is 1. The smallest absolute Gasteiger partial charge is 0.323 e. The van der Waals surface area contributed by atoms with E-state index < -0.39 is 5.97 Å². The summed E-state index contributed by atoms with van der Waals surface area (Å²) in [6, 6.07) is 8.92. The van der Waals surface area contributed by atoms with Gasteiger partial charge in [-0.25, -0.2) is 0 Å². The van der Waals surface area contributed by atoms with Crippen LogP contribution >= 0.6 is 0 Å². The van der Waals surface area contributed by atoms with Gasteiger partial charge in [0, 0.05) is 6.54 Å². The molecule has 0 bridgehead atoms. The van der Waals surface area contributed by atoms with Crippen LogP contribution in [-0.4, -0.2) is 41.6 Å². The normalized spacial score (nSPS) is 9.71. The number of benzene rings is 1. The monoisotopic (exact) mass is 237 g/mol. The molecule has 5 nitrogen and oxygen atoms in total. The largest absolute Gasteiger partial charge is 0.484 e. The van der Waals surface area contributed by atoms with Crippen molar-refractivity contribution < 1.29 is 19.4 Å². The first-order chi connectivity index (χ1) is 8.13. The summed E-state index contributed by atoms with van der Waals surface area (Å²) >= 11 is 0. The maximum absolute atomic E-state index is 11.6. The molecule has 0 aliphatic carbocycles. The molecular weight excluding hydrogens is 222 g/mol. The van der Waals surface area contributed by atoms with Crippen molar-refractivity contribution in [1.82, 2.24) is 4.90 Å². The van der Waals surface area contributed by atoms with Crippen molar-refractivity contribution in [2.45, 2.75) is 6.92 Å². The van der Waals surface area contributed by atoms with Crippen LogP contribution in [0.4, 0.5) is 0 Å². The Hall–Kier alpha value is -2.04. The van der Waals surface area contributed by atoms with E-state index in [2.05, 4.69) is 0 Å². The van der Waals surface area contributed by atoms with Gasteiger partial charge in [-0.1, -0.05) is 18.2 Å². The predicted octanol–water partition coefficient (Wildman–Crippen LogP) is 0.998. The highest BCUT2D eigenvalue weighted by molar-refractivity contribution is 5.82. The highest BCUT2D eigenvalue weighted by atomic mass is 16.5. The lowest BCUT2D eigenvalue weighted by Crippen LogP contribution is -2.38. The number of ether oxygens (including phenoxy) is 1. The van der Waals surface area contributed by atoms with Gasteiger partial charge in [0.05, 0.1) is 0 Å².